The molecule has 0 bridgehead atoms. The Morgan fingerprint density at radius 2 is 2.11 bits per heavy atom. The molecule has 0 aliphatic rings. The molecule has 0 spiro atoms. The van der Waals surface area contributed by atoms with Gasteiger partial charge in [-0.25, -0.2) is 9.47 Å². The number of carbonyl (C=O) groups excluding carboxylic acids is 1. The van der Waals surface area contributed by atoms with Crippen LogP contribution in [0, 0.1) is 0 Å². The van der Waals surface area contributed by atoms with E-state index in [4.69, 9.17) is 15.0 Å². The highest BCUT2D eigenvalue weighted by molar-refractivity contribution is 9.10. The van der Waals surface area contributed by atoms with Gasteiger partial charge in [0.05, 0.1) is 6.61 Å². The highest BCUT2D eigenvalue weighted by atomic mass is 79.9. The number of furan rings is 1. The second kappa shape index (κ2) is 7.55. The summed E-state index contributed by atoms with van der Waals surface area (Å²) in [5, 5.41) is 9.79. The van der Waals surface area contributed by atoms with Crippen molar-refractivity contribution in [3.05, 3.63) is 39.8 Å². The van der Waals surface area contributed by atoms with E-state index < -0.39 is 5.97 Å². The van der Waals surface area contributed by atoms with Crippen molar-refractivity contribution in [3.8, 4) is 0 Å². The molecule has 7 nitrogen and oxygen atoms in total. The predicted molar refractivity (Wildman–Crippen MR) is 108 cm³/mol. The smallest absolute Gasteiger partial charge is 0.374 e. The molecule has 0 fully saturated rings. The van der Waals surface area contributed by atoms with Crippen LogP contribution in [0.4, 0.5) is 0 Å². The summed E-state index contributed by atoms with van der Waals surface area (Å²) in [5.41, 5.74) is 1.15. The Labute approximate surface area is 169 Å². The van der Waals surface area contributed by atoms with E-state index in [0.29, 0.717) is 22.3 Å². The minimum atomic E-state index is -0.481. The standard InChI is InChI=1S/C18H21BrN4O3S/c1-5-25-15(24)14-12(11-8-10(19)6-7-13(11)26-14)9-27-17-22-21-16(23(17)20)18(2,3)4/h6-8H,5,9,20H2,1-4H3. The number of aromatic nitrogens is 3. The Morgan fingerprint density at radius 1 is 1.37 bits per heavy atom. The lowest BCUT2D eigenvalue weighted by Gasteiger charge is -2.16. The summed E-state index contributed by atoms with van der Waals surface area (Å²) in [6, 6.07) is 5.61. The number of nitrogen functional groups attached to an aromatic ring is 1. The molecule has 9 heteroatoms. The van der Waals surface area contributed by atoms with E-state index in [1.165, 1.54) is 16.4 Å². The van der Waals surface area contributed by atoms with Gasteiger partial charge in [-0.05, 0) is 25.1 Å². The molecule has 0 atom stereocenters. The van der Waals surface area contributed by atoms with E-state index in [1.54, 1.807) is 6.92 Å². The first-order valence-electron chi connectivity index (χ1n) is 8.44. The molecule has 144 valence electrons. The summed E-state index contributed by atoms with van der Waals surface area (Å²) in [5.74, 6) is 7.01. The van der Waals surface area contributed by atoms with Gasteiger partial charge in [-0.15, -0.1) is 10.2 Å². The van der Waals surface area contributed by atoms with Crippen LogP contribution in [-0.4, -0.2) is 27.4 Å². The fraction of sp³-hybridized carbons (Fsp3) is 0.389. The lowest BCUT2D eigenvalue weighted by Crippen LogP contribution is -2.24. The van der Waals surface area contributed by atoms with Gasteiger partial charge in [-0.2, -0.15) is 0 Å². The number of benzene rings is 1. The van der Waals surface area contributed by atoms with E-state index in [9.17, 15) is 4.79 Å². The average molecular weight is 453 g/mol. The average Bonchev–Trinajstić information content (AvgIpc) is 3.13. The zero-order valence-corrected chi connectivity index (χ0v) is 18.0. The van der Waals surface area contributed by atoms with Crippen LogP contribution in [0.3, 0.4) is 0 Å². The molecular formula is C18H21BrN4O3S. The van der Waals surface area contributed by atoms with Crippen molar-refractivity contribution in [2.45, 2.75) is 44.0 Å². The molecule has 3 aromatic rings. The molecular weight excluding hydrogens is 432 g/mol. The van der Waals surface area contributed by atoms with Crippen molar-refractivity contribution in [1.29, 1.82) is 0 Å². The largest absolute Gasteiger partial charge is 0.460 e. The Morgan fingerprint density at radius 3 is 2.74 bits per heavy atom. The first-order chi connectivity index (χ1) is 12.7. The first-order valence-corrected chi connectivity index (χ1v) is 10.2. The van der Waals surface area contributed by atoms with E-state index in [0.717, 1.165) is 15.4 Å². The maximum Gasteiger partial charge on any atom is 0.374 e. The van der Waals surface area contributed by atoms with E-state index in [1.807, 2.05) is 39.0 Å². The zero-order valence-electron chi connectivity index (χ0n) is 15.6. The van der Waals surface area contributed by atoms with Crippen molar-refractivity contribution in [2.75, 3.05) is 12.4 Å². The molecule has 0 unspecified atom stereocenters. The number of fused-ring (bicyclic) bond motifs is 1. The Kier molecular flexibility index (Phi) is 5.53. The summed E-state index contributed by atoms with van der Waals surface area (Å²) in [4.78, 5) is 12.3. The number of nitrogens with two attached hydrogens (primary N) is 1. The van der Waals surface area contributed by atoms with E-state index >= 15 is 0 Å². The van der Waals surface area contributed by atoms with Crippen LogP contribution >= 0.6 is 27.7 Å². The van der Waals surface area contributed by atoms with Gasteiger partial charge in [0.1, 0.15) is 5.58 Å². The molecule has 1 aromatic carbocycles. The fourth-order valence-electron chi connectivity index (χ4n) is 2.65. The third-order valence-electron chi connectivity index (χ3n) is 3.89. The lowest BCUT2D eigenvalue weighted by atomic mass is 9.96. The van der Waals surface area contributed by atoms with Crippen LogP contribution in [0.15, 0.2) is 32.2 Å². The summed E-state index contributed by atoms with van der Waals surface area (Å²) < 4.78 is 13.3. The van der Waals surface area contributed by atoms with Gasteiger partial charge in [0.25, 0.3) is 0 Å². The van der Waals surface area contributed by atoms with Gasteiger partial charge in [0.2, 0.25) is 10.9 Å². The van der Waals surface area contributed by atoms with Crippen molar-refractivity contribution >= 4 is 44.6 Å². The maximum atomic E-state index is 12.3. The van der Waals surface area contributed by atoms with Gasteiger partial charge < -0.3 is 15.0 Å². The number of hydrogen-bond donors (Lipinski definition) is 1. The van der Waals surface area contributed by atoms with Crippen molar-refractivity contribution < 1.29 is 13.9 Å². The number of thioether (sulfide) groups is 1. The van der Waals surface area contributed by atoms with Gasteiger partial charge in [-0.1, -0.05) is 48.5 Å². The van der Waals surface area contributed by atoms with Crippen LogP contribution < -0.4 is 5.84 Å². The minimum Gasteiger partial charge on any atom is -0.460 e. The molecule has 0 saturated carbocycles. The third-order valence-corrected chi connectivity index (χ3v) is 5.36. The SMILES string of the molecule is CCOC(=O)c1oc2ccc(Br)cc2c1CSc1nnc(C(C)(C)C)n1N. The molecule has 0 aliphatic heterocycles. The molecule has 27 heavy (non-hydrogen) atoms. The summed E-state index contributed by atoms with van der Waals surface area (Å²) in [6.45, 7) is 8.10. The highest BCUT2D eigenvalue weighted by Gasteiger charge is 2.25. The van der Waals surface area contributed by atoms with Crippen LogP contribution in [0.1, 0.15) is 49.6 Å². The number of ether oxygens (including phenoxy) is 1. The Hall–Kier alpha value is -2.00. The fourth-order valence-corrected chi connectivity index (χ4v) is 3.89. The molecule has 3 rings (SSSR count). The van der Waals surface area contributed by atoms with E-state index in [2.05, 4.69) is 26.1 Å². The Bertz CT molecular complexity index is 991. The van der Waals surface area contributed by atoms with Gasteiger partial charge in [0.15, 0.2) is 5.82 Å². The second-order valence-corrected chi connectivity index (χ2v) is 8.84. The van der Waals surface area contributed by atoms with Gasteiger partial charge >= 0.3 is 5.97 Å². The van der Waals surface area contributed by atoms with Crippen LogP contribution in [-0.2, 0) is 15.9 Å². The highest BCUT2D eigenvalue weighted by Crippen LogP contribution is 2.34. The van der Waals surface area contributed by atoms with Crippen molar-refractivity contribution in [3.63, 3.8) is 0 Å². The predicted octanol–water partition coefficient (Wildman–Crippen LogP) is 4.27. The Balaban J connectivity index is 1.96. The second-order valence-electron chi connectivity index (χ2n) is 6.99. The minimum absolute atomic E-state index is 0.205. The van der Waals surface area contributed by atoms with Crippen LogP contribution in [0.5, 0.6) is 0 Å². The summed E-state index contributed by atoms with van der Waals surface area (Å²) >= 11 is 4.86. The van der Waals surface area contributed by atoms with Crippen LogP contribution in [0.25, 0.3) is 11.0 Å². The molecule has 0 aliphatic carbocycles. The molecule has 0 radical (unpaired) electrons. The number of esters is 1. The number of nitrogens with zero attached hydrogens (tertiary/aromatic N) is 3. The first kappa shape index (κ1) is 19.8. The van der Waals surface area contributed by atoms with Crippen LogP contribution in [0.2, 0.25) is 0 Å². The number of halogens is 1. The molecule has 0 saturated heterocycles. The molecule has 2 aromatic heterocycles. The zero-order chi connectivity index (χ0) is 19.8. The topological polar surface area (TPSA) is 96.2 Å². The van der Waals surface area contributed by atoms with Crippen molar-refractivity contribution in [2.24, 2.45) is 0 Å². The number of rotatable bonds is 5. The maximum absolute atomic E-state index is 12.3. The lowest BCUT2D eigenvalue weighted by molar-refractivity contribution is 0.0491. The summed E-state index contributed by atoms with van der Waals surface area (Å²) in [7, 11) is 0. The molecule has 2 N–H and O–H groups in total. The monoisotopic (exact) mass is 452 g/mol. The number of hydrogen-bond acceptors (Lipinski definition) is 7. The molecule has 2 heterocycles. The van der Waals surface area contributed by atoms with Crippen molar-refractivity contribution in [1.82, 2.24) is 14.9 Å². The van der Waals surface area contributed by atoms with E-state index in [-0.39, 0.29) is 17.8 Å². The normalized spacial score (nSPS) is 11.9. The summed E-state index contributed by atoms with van der Waals surface area (Å²) in [6.07, 6.45) is 0. The quantitative estimate of drug-likeness (QED) is 0.350. The van der Waals surface area contributed by atoms with Gasteiger partial charge in [-0.3, -0.25) is 0 Å². The number of carbonyl (C=O) groups is 1. The third kappa shape index (κ3) is 3.98. The van der Waals surface area contributed by atoms with Gasteiger partial charge in [0, 0.05) is 26.6 Å². The molecule has 0 amide bonds.